The number of halogens is 1. The van der Waals surface area contributed by atoms with E-state index in [2.05, 4.69) is 17.4 Å². The van der Waals surface area contributed by atoms with Gasteiger partial charge in [0.2, 0.25) is 5.91 Å². The molecule has 1 unspecified atom stereocenters. The third-order valence-electron chi connectivity index (χ3n) is 7.65. The van der Waals surface area contributed by atoms with Gasteiger partial charge in [0.05, 0.1) is 23.7 Å². The Kier molecular flexibility index (Phi) is 7.69. The van der Waals surface area contributed by atoms with Crippen molar-refractivity contribution < 1.29 is 23.9 Å². The monoisotopic (exact) mass is 578 g/mol. The second kappa shape index (κ2) is 11.7. The zero-order valence-electron chi connectivity index (χ0n) is 22.6. The maximum Gasteiger partial charge on any atom is 0.338 e. The Morgan fingerprint density at radius 2 is 1.62 bits per heavy atom. The van der Waals surface area contributed by atoms with Crippen LogP contribution in [-0.4, -0.2) is 42.8 Å². The Bertz CT molecular complexity index is 1720. The number of benzene rings is 4. The molecule has 0 aromatic heterocycles. The highest BCUT2D eigenvalue weighted by Crippen LogP contribution is 2.36. The molecule has 4 aromatic carbocycles. The van der Waals surface area contributed by atoms with Gasteiger partial charge < -0.3 is 10.1 Å². The van der Waals surface area contributed by atoms with E-state index in [1.165, 1.54) is 35.4 Å². The number of ether oxygens (including phenoxy) is 1. The average molecular weight is 579 g/mol. The number of anilines is 1. The topological polar surface area (TPSA) is 92.8 Å². The van der Waals surface area contributed by atoms with Gasteiger partial charge in [-0.2, -0.15) is 0 Å². The summed E-state index contributed by atoms with van der Waals surface area (Å²) in [6, 6.07) is 26.6. The SMILES string of the molecule is O=C(COC(=O)c1ccc(N2C(=O)CC(NCCc3cccc(Cl)c3)C2=O)cc1)c1ccc2c(c1)Cc1ccccc1-2. The van der Waals surface area contributed by atoms with E-state index in [-0.39, 0.29) is 29.6 Å². The molecule has 1 heterocycles. The van der Waals surface area contributed by atoms with Crippen LogP contribution in [0.4, 0.5) is 5.69 Å². The Balaban J connectivity index is 1.02. The minimum Gasteiger partial charge on any atom is -0.454 e. The summed E-state index contributed by atoms with van der Waals surface area (Å²) >= 11 is 6.03. The van der Waals surface area contributed by atoms with Crippen molar-refractivity contribution in [1.82, 2.24) is 5.32 Å². The third-order valence-corrected chi connectivity index (χ3v) is 7.89. The lowest BCUT2D eigenvalue weighted by molar-refractivity contribution is -0.121. The van der Waals surface area contributed by atoms with E-state index < -0.39 is 18.6 Å². The van der Waals surface area contributed by atoms with Crippen LogP contribution in [0.15, 0.2) is 91.0 Å². The van der Waals surface area contributed by atoms with Crippen LogP contribution >= 0.6 is 11.6 Å². The van der Waals surface area contributed by atoms with Crippen molar-refractivity contribution in [2.45, 2.75) is 25.3 Å². The van der Waals surface area contributed by atoms with Gasteiger partial charge in [-0.15, -0.1) is 0 Å². The first-order valence-corrected chi connectivity index (χ1v) is 14.1. The first-order chi connectivity index (χ1) is 20.4. The summed E-state index contributed by atoms with van der Waals surface area (Å²) in [5.41, 5.74) is 6.71. The molecule has 6 rings (SSSR count). The number of nitrogens with one attached hydrogen (secondary N) is 1. The summed E-state index contributed by atoms with van der Waals surface area (Å²) in [7, 11) is 0. The van der Waals surface area contributed by atoms with Gasteiger partial charge in [-0.3, -0.25) is 14.4 Å². The molecule has 1 aliphatic heterocycles. The molecule has 1 aliphatic carbocycles. The maximum atomic E-state index is 13.0. The first-order valence-electron chi connectivity index (χ1n) is 13.7. The van der Waals surface area contributed by atoms with Crippen LogP contribution < -0.4 is 10.2 Å². The number of carbonyl (C=O) groups excluding carboxylic acids is 4. The van der Waals surface area contributed by atoms with Gasteiger partial charge in [0, 0.05) is 10.6 Å². The Morgan fingerprint density at radius 1 is 0.857 bits per heavy atom. The standard InChI is InChI=1S/C34H27ClN2O5/c35-26-6-3-4-21(16-26)14-15-36-30-19-32(39)37(33(30)40)27-11-8-22(9-12-27)34(41)42-20-31(38)24-10-13-29-25(18-24)17-23-5-1-2-7-28(23)29/h1-13,16,18,30,36H,14-15,17,19-20H2. The van der Waals surface area contributed by atoms with Crippen molar-refractivity contribution in [1.29, 1.82) is 0 Å². The minimum atomic E-state index is -0.664. The van der Waals surface area contributed by atoms with Crippen LogP contribution in [0.5, 0.6) is 0 Å². The van der Waals surface area contributed by atoms with Crippen LogP contribution in [0.25, 0.3) is 11.1 Å². The van der Waals surface area contributed by atoms with E-state index in [4.69, 9.17) is 16.3 Å². The second-order valence-corrected chi connectivity index (χ2v) is 10.8. The van der Waals surface area contributed by atoms with Crippen LogP contribution in [0, 0.1) is 0 Å². The van der Waals surface area contributed by atoms with E-state index in [9.17, 15) is 19.2 Å². The van der Waals surface area contributed by atoms with Gasteiger partial charge in [-0.25, -0.2) is 9.69 Å². The largest absolute Gasteiger partial charge is 0.454 e. The van der Waals surface area contributed by atoms with E-state index in [0.717, 1.165) is 28.0 Å². The number of ketones is 1. The van der Waals surface area contributed by atoms with Gasteiger partial charge in [0.25, 0.3) is 5.91 Å². The Labute approximate surface area is 248 Å². The number of imide groups is 1. The summed E-state index contributed by atoms with van der Waals surface area (Å²) in [5, 5.41) is 3.81. The molecule has 1 atom stereocenters. The molecule has 0 saturated carbocycles. The molecule has 2 aliphatic rings. The van der Waals surface area contributed by atoms with Gasteiger partial charge in [0.15, 0.2) is 12.4 Å². The highest BCUT2D eigenvalue weighted by Gasteiger charge is 2.39. The quantitative estimate of drug-likeness (QED) is 0.143. The highest BCUT2D eigenvalue weighted by atomic mass is 35.5. The molecule has 2 amide bonds. The van der Waals surface area contributed by atoms with Crippen molar-refractivity contribution in [3.63, 3.8) is 0 Å². The molecule has 8 heteroatoms. The number of hydrogen-bond acceptors (Lipinski definition) is 6. The number of fused-ring (bicyclic) bond motifs is 3. The van der Waals surface area contributed by atoms with Crippen molar-refractivity contribution in [3.05, 3.63) is 124 Å². The van der Waals surface area contributed by atoms with E-state index in [0.29, 0.717) is 29.2 Å². The zero-order chi connectivity index (χ0) is 29.2. The summed E-state index contributed by atoms with van der Waals surface area (Å²) in [6.07, 6.45) is 1.48. The fourth-order valence-electron chi connectivity index (χ4n) is 5.51. The lowest BCUT2D eigenvalue weighted by atomic mass is 10.0. The van der Waals surface area contributed by atoms with Gasteiger partial charge in [-0.1, -0.05) is 60.1 Å². The Morgan fingerprint density at radius 3 is 2.43 bits per heavy atom. The van der Waals surface area contributed by atoms with Crippen LogP contribution in [0.2, 0.25) is 5.02 Å². The fraction of sp³-hybridized carbons (Fsp3) is 0.176. The average Bonchev–Trinajstić information content (AvgIpc) is 3.51. The van der Waals surface area contributed by atoms with E-state index in [1.54, 1.807) is 12.1 Å². The number of nitrogens with zero attached hydrogens (tertiary/aromatic N) is 1. The van der Waals surface area contributed by atoms with Crippen LogP contribution in [0.1, 0.15) is 43.8 Å². The molecule has 42 heavy (non-hydrogen) atoms. The molecule has 4 aromatic rings. The number of rotatable bonds is 9. The molecule has 1 N–H and O–H groups in total. The number of esters is 1. The molecule has 0 spiro atoms. The molecule has 7 nitrogen and oxygen atoms in total. The summed E-state index contributed by atoms with van der Waals surface area (Å²) in [4.78, 5) is 52.2. The second-order valence-electron chi connectivity index (χ2n) is 10.4. The number of hydrogen-bond donors (Lipinski definition) is 1. The molecule has 1 saturated heterocycles. The predicted octanol–water partition coefficient (Wildman–Crippen LogP) is 5.42. The summed E-state index contributed by atoms with van der Waals surface area (Å²) in [6.45, 7) is 0.123. The Hall–Kier alpha value is -4.59. The molecule has 1 fully saturated rings. The van der Waals surface area contributed by atoms with Crippen molar-refractivity contribution in [2.24, 2.45) is 0 Å². The first kappa shape index (κ1) is 27.6. The summed E-state index contributed by atoms with van der Waals surface area (Å²) < 4.78 is 5.28. The minimum absolute atomic E-state index is 0.0507. The van der Waals surface area contributed by atoms with Gasteiger partial charge >= 0.3 is 5.97 Å². The highest BCUT2D eigenvalue weighted by molar-refractivity contribution is 6.30. The molecule has 0 radical (unpaired) electrons. The molecule has 0 bridgehead atoms. The predicted molar refractivity (Wildman–Crippen MR) is 160 cm³/mol. The number of Topliss-reactive ketones (excluding diaryl/α,β-unsaturated/α-hetero) is 1. The van der Waals surface area contributed by atoms with E-state index >= 15 is 0 Å². The lowest BCUT2D eigenvalue weighted by Gasteiger charge is -2.16. The number of carbonyl (C=O) groups is 4. The van der Waals surface area contributed by atoms with E-state index in [1.807, 2.05) is 42.5 Å². The smallest absolute Gasteiger partial charge is 0.338 e. The van der Waals surface area contributed by atoms with Crippen molar-refractivity contribution in [2.75, 3.05) is 18.1 Å². The number of amides is 2. The fourth-order valence-corrected chi connectivity index (χ4v) is 5.72. The summed E-state index contributed by atoms with van der Waals surface area (Å²) in [5.74, 6) is -1.62. The maximum absolute atomic E-state index is 13.0. The van der Waals surface area contributed by atoms with Gasteiger partial charge in [-0.05, 0) is 89.7 Å². The lowest BCUT2D eigenvalue weighted by Crippen LogP contribution is -2.39. The van der Waals surface area contributed by atoms with Gasteiger partial charge in [0.1, 0.15) is 0 Å². The molecular formula is C34H27ClN2O5. The third kappa shape index (κ3) is 5.62. The van der Waals surface area contributed by atoms with Crippen molar-refractivity contribution >= 4 is 40.9 Å². The normalized spacial score (nSPS) is 15.5. The van der Waals surface area contributed by atoms with Crippen molar-refractivity contribution in [3.8, 4) is 11.1 Å². The molecule has 210 valence electrons. The zero-order valence-corrected chi connectivity index (χ0v) is 23.4. The van der Waals surface area contributed by atoms with Crippen LogP contribution in [-0.2, 0) is 27.2 Å². The molecular weight excluding hydrogens is 552 g/mol. The van der Waals surface area contributed by atoms with Crippen LogP contribution in [0.3, 0.4) is 0 Å².